The van der Waals surface area contributed by atoms with Crippen LogP contribution in [0.2, 0.25) is 0 Å². The predicted molar refractivity (Wildman–Crippen MR) is 99.6 cm³/mol. The first kappa shape index (κ1) is 18.8. The maximum Gasteiger partial charge on any atom is 0.317 e. The molecular weight excluding hydrogens is 316 g/mol. The number of benzene rings is 2. The summed E-state index contributed by atoms with van der Waals surface area (Å²) in [5.41, 5.74) is 2.33. The van der Waals surface area contributed by atoms with Gasteiger partial charge in [-0.15, -0.1) is 0 Å². The standard InChI is InChI=1S/C20H26N2O3/c1-20(2,24)14-22(3)19(23)21-13-15-5-7-16(8-6-15)17-9-11-18(25-4)12-10-17/h5-12,24H,13-14H2,1-4H3,(H,21,23). The van der Waals surface area contributed by atoms with Crippen LogP contribution in [0.25, 0.3) is 11.1 Å². The van der Waals surface area contributed by atoms with E-state index >= 15 is 0 Å². The lowest BCUT2D eigenvalue weighted by Gasteiger charge is -2.25. The number of amides is 2. The van der Waals surface area contributed by atoms with E-state index in [1.165, 1.54) is 4.90 Å². The van der Waals surface area contributed by atoms with Gasteiger partial charge in [0, 0.05) is 13.6 Å². The molecule has 0 heterocycles. The monoisotopic (exact) mass is 342 g/mol. The van der Waals surface area contributed by atoms with E-state index in [4.69, 9.17) is 4.74 Å². The van der Waals surface area contributed by atoms with E-state index in [1.807, 2.05) is 48.5 Å². The van der Waals surface area contributed by atoms with Crippen molar-refractivity contribution in [3.8, 4) is 16.9 Å². The summed E-state index contributed by atoms with van der Waals surface area (Å²) in [4.78, 5) is 13.5. The lowest BCUT2D eigenvalue weighted by atomic mass is 10.0. The zero-order valence-corrected chi connectivity index (χ0v) is 15.2. The molecule has 5 nitrogen and oxygen atoms in total. The average molecular weight is 342 g/mol. The number of methoxy groups -OCH3 is 1. The number of hydrogen-bond donors (Lipinski definition) is 2. The van der Waals surface area contributed by atoms with E-state index in [1.54, 1.807) is 28.0 Å². The van der Waals surface area contributed by atoms with Crippen LogP contribution < -0.4 is 10.1 Å². The first-order chi connectivity index (χ1) is 11.8. The van der Waals surface area contributed by atoms with Crippen LogP contribution in [0, 0.1) is 0 Å². The second-order valence-corrected chi connectivity index (χ2v) is 6.75. The quantitative estimate of drug-likeness (QED) is 0.847. The number of ether oxygens (including phenoxy) is 1. The summed E-state index contributed by atoms with van der Waals surface area (Å²) in [6, 6.07) is 15.7. The fraction of sp³-hybridized carbons (Fsp3) is 0.350. The number of nitrogens with one attached hydrogen (secondary N) is 1. The molecule has 0 aromatic heterocycles. The highest BCUT2D eigenvalue weighted by atomic mass is 16.5. The number of carbonyl (C=O) groups excluding carboxylic acids is 1. The van der Waals surface area contributed by atoms with Gasteiger partial charge in [0.1, 0.15) is 5.75 Å². The summed E-state index contributed by atoms with van der Waals surface area (Å²) in [6.07, 6.45) is 0. The molecule has 2 aromatic carbocycles. The Morgan fingerprint density at radius 2 is 1.60 bits per heavy atom. The fourth-order valence-corrected chi connectivity index (χ4v) is 2.56. The Balaban J connectivity index is 1.92. The van der Waals surface area contributed by atoms with Crippen LogP contribution in [0.3, 0.4) is 0 Å². The fourth-order valence-electron chi connectivity index (χ4n) is 2.56. The van der Waals surface area contributed by atoms with Crippen LogP contribution in [0.4, 0.5) is 4.79 Å². The molecule has 2 rings (SSSR count). The zero-order valence-electron chi connectivity index (χ0n) is 15.2. The second kappa shape index (κ2) is 8.03. The Morgan fingerprint density at radius 1 is 1.08 bits per heavy atom. The van der Waals surface area contributed by atoms with Gasteiger partial charge in [0.05, 0.1) is 19.3 Å². The van der Waals surface area contributed by atoms with Crippen LogP contribution in [0.1, 0.15) is 19.4 Å². The van der Waals surface area contributed by atoms with Crippen LogP contribution in [-0.2, 0) is 6.54 Å². The number of urea groups is 1. The topological polar surface area (TPSA) is 61.8 Å². The van der Waals surface area contributed by atoms with Crippen molar-refractivity contribution in [1.29, 1.82) is 0 Å². The van der Waals surface area contributed by atoms with Gasteiger partial charge in [0.2, 0.25) is 0 Å². The van der Waals surface area contributed by atoms with Crippen LogP contribution in [0.5, 0.6) is 5.75 Å². The van der Waals surface area contributed by atoms with E-state index < -0.39 is 5.60 Å². The molecule has 0 aliphatic carbocycles. The van der Waals surface area contributed by atoms with Gasteiger partial charge in [0.15, 0.2) is 0 Å². The third-order valence-corrected chi connectivity index (χ3v) is 3.79. The van der Waals surface area contributed by atoms with E-state index in [9.17, 15) is 9.90 Å². The van der Waals surface area contributed by atoms with Crippen molar-refractivity contribution in [3.05, 3.63) is 54.1 Å². The van der Waals surface area contributed by atoms with Crippen molar-refractivity contribution < 1.29 is 14.6 Å². The van der Waals surface area contributed by atoms with E-state index in [0.717, 1.165) is 22.4 Å². The highest BCUT2D eigenvalue weighted by Gasteiger charge is 2.18. The molecule has 0 bridgehead atoms. The number of aliphatic hydroxyl groups is 1. The molecule has 134 valence electrons. The van der Waals surface area contributed by atoms with Crippen molar-refractivity contribution in [2.45, 2.75) is 26.0 Å². The number of nitrogens with zero attached hydrogens (tertiary/aromatic N) is 1. The summed E-state index contributed by atoms with van der Waals surface area (Å²) in [5, 5.41) is 12.6. The third-order valence-electron chi connectivity index (χ3n) is 3.79. The molecule has 2 amide bonds. The maximum absolute atomic E-state index is 12.0. The Morgan fingerprint density at radius 3 is 2.08 bits per heavy atom. The van der Waals surface area contributed by atoms with Gasteiger partial charge in [-0.2, -0.15) is 0 Å². The molecule has 0 spiro atoms. The summed E-state index contributed by atoms with van der Waals surface area (Å²) < 4.78 is 5.17. The predicted octanol–water partition coefficient (Wildman–Crippen LogP) is 3.27. The Bertz CT molecular complexity index is 688. The van der Waals surface area contributed by atoms with Gasteiger partial charge in [0.25, 0.3) is 0 Å². The molecule has 0 unspecified atom stereocenters. The molecule has 0 saturated carbocycles. The number of rotatable bonds is 6. The first-order valence-electron chi connectivity index (χ1n) is 8.23. The maximum atomic E-state index is 12.0. The average Bonchev–Trinajstić information content (AvgIpc) is 2.58. The first-order valence-corrected chi connectivity index (χ1v) is 8.23. The molecule has 0 atom stereocenters. The summed E-state index contributed by atoms with van der Waals surface area (Å²) >= 11 is 0. The zero-order chi connectivity index (χ0) is 18.4. The van der Waals surface area contributed by atoms with Gasteiger partial charge in [-0.05, 0) is 42.7 Å². The molecule has 2 N–H and O–H groups in total. The van der Waals surface area contributed by atoms with Gasteiger partial charge >= 0.3 is 6.03 Å². The summed E-state index contributed by atoms with van der Waals surface area (Å²) in [7, 11) is 3.32. The Labute approximate surface area is 149 Å². The lowest BCUT2D eigenvalue weighted by molar-refractivity contribution is 0.0531. The van der Waals surface area contributed by atoms with E-state index in [-0.39, 0.29) is 12.6 Å². The van der Waals surface area contributed by atoms with E-state index in [0.29, 0.717) is 6.54 Å². The molecule has 2 aromatic rings. The number of likely N-dealkylation sites (N-methyl/N-ethyl adjacent to an activating group) is 1. The van der Waals surface area contributed by atoms with Gasteiger partial charge < -0.3 is 20.1 Å². The van der Waals surface area contributed by atoms with Gasteiger partial charge in [-0.1, -0.05) is 36.4 Å². The van der Waals surface area contributed by atoms with Crippen molar-refractivity contribution in [1.82, 2.24) is 10.2 Å². The highest BCUT2D eigenvalue weighted by Crippen LogP contribution is 2.22. The van der Waals surface area contributed by atoms with Gasteiger partial charge in [-0.3, -0.25) is 0 Å². The number of hydrogen-bond acceptors (Lipinski definition) is 3. The minimum atomic E-state index is -0.911. The second-order valence-electron chi connectivity index (χ2n) is 6.75. The molecule has 0 saturated heterocycles. The highest BCUT2D eigenvalue weighted by molar-refractivity contribution is 5.74. The number of carbonyl (C=O) groups is 1. The van der Waals surface area contributed by atoms with Gasteiger partial charge in [-0.25, -0.2) is 4.79 Å². The molecule has 0 radical (unpaired) electrons. The lowest BCUT2D eigenvalue weighted by Crippen LogP contribution is -2.44. The van der Waals surface area contributed by atoms with Crippen LogP contribution >= 0.6 is 0 Å². The molecule has 0 aliphatic heterocycles. The van der Waals surface area contributed by atoms with E-state index in [2.05, 4.69) is 5.32 Å². The normalized spacial score (nSPS) is 11.1. The molecule has 25 heavy (non-hydrogen) atoms. The Kier molecular flexibility index (Phi) is 6.04. The minimum Gasteiger partial charge on any atom is -0.497 e. The summed E-state index contributed by atoms with van der Waals surface area (Å²) in [5.74, 6) is 0.832. The smallest absolute Gasteiger partial charge is 0.317 e. The van der Waals surface area contributed by atoms with Crippen molar-refractivity contribution in [2.75, 3.05) is 20.7 Å². The van der Waals surface area contributed by atoms with Crippen molar-refractivity contribution in [2.24, 2.45) is 0 Å². The van der Waals surface area contributed by atoms with Crippen molar-refractivity contribution in [3.63, 3.8) is 0 Å². The largest absolute Gasteiger partial charge is 0.497 e. The summed E-state index contributed by atoms with van der Waals surface area (Å²) in [6.45, 7) is 4.07. The van der Waals surface area contributed by atoms with Crippen LogP contribution in [-0.4, -0.2) is 42.3 Å². The van der Waals surface area contributed by atoms with Crippen LogP contribution in [0.15, 0.2) is 48.5 Å². The third kappa shape index (κ3) is 5.80. The minimum absolute atomic E-state index is 0.207. The molecular formula is C20H26N2O3. The van der Waals surface area contributed by atoms with Crippen molar-refractivity contribution >= 4 is 6.03 Å². The molecule has 0 fully saturated rings. The molecule has 5 heteroatoms. The molecule has 0 aliphatic rings. The Hall–Kier alpha value is -2.53. The SMILES string of the molecule is COc1ccc(-c2ccc(CNC(=O)N(C)CC(C)(C)O)cc2)cc1.